The van der Waals surface area contributed by atoms with Crippen molar-refractivity contribution in [2.75, 3.05) is 26.2 Å². The van der Waals surface area contributed by atoms with Gasteiger partial charge in [0.05, 0.1) is 0 Å². The molecule has 140 valence electrons. The minimum absolute atomic E-state index is 0. The number of nitrogens with one attached hydrogen (secondary N) is 2. The second kappa shape index (κ2) is 10.3. The van der Waals surface area contributed by atoms with Crippen molar-refractivity contribution in [3.05, 3.63) is 0 Å². The summed E-state index contributed by atoms with van der Waals surface area (Å²) in [5, 5.41) is 6.90. The molecule has 1 aliphatic heterocycles. The standard InChI is InChI=1S/C17H33N5O.HI/c1-3-17(9-5-6-10-17)13-20-16(19-4-2)21-14-7-11-22(12-8-14)15(18)23;/h14H,3-13H2,1-2H3,(H2,18,23)(H2,19,20,21);1H. The molecular weight excluding hydrogens is 417 g/mol. The monoisotopic (exact) mass is 451 g/mol. The second-order valence-electron chi connectivity index (χ2n) is 7.00. The number of nitrogens with two attached hydrogens (primary N) is 1. The Morgan fingerprint density at radius 3 is 2.38 bits per heavy atom. The van der Waals surface area contributed by atoms with Crippen LogP contribution in [0, 0.1) is 5.41 Å². The Morgan fingerprint density at radius 2 is 1.88 bits per heavy atom. The van der Waals surface area contributed by atoms with Crippen LogP contribution in [-0.4, -0.2) is 49.1 Å². The second-order valence-corrected chi connectivity index (χ2v) is 7.00. The van der Waals surface area contributed by atoms with Gasteiger partial charge in [0, 0.05) is 32.2 Å². The zero-order valence-electron chi connectivity index (χ0n) is 15.1. The Hall–Kier alpha value is -0.730. The Labute approximate surface area is 163 Å². The van der Waals surface area contributed by atoms with E-state index < -0.39 is 0 Å². The van der Waals surface area contributed by atoms with E-state index in [9.17, 15) is 4.79 Å². The SMILES string of the molecule is CCNC(=NCC1(CC)CCCC1)NC1CCN(C(N)=O)CC1.I. The van der Waals surface area contributed by atoms with Gasteiger partial charge >= 0.3 is 6.03 Å². The third-order valence-corrected chi connectivity index (χ3v) is 5.48. The fourth-order valence-corrected chi connectivity index (χ4v) is 3.75. The van der Waals surface area contributed by atoms with E-state index in [4.69, 9.17) is 10.7 Å². The molecule has 0 spiro atoms. The molecule has 0 aromatic carbocycles. The fourth-order valence-electron chi connectivity index (χ4n) is 3.75. The summed E-state index contributed by atoms with van der Waals surface area (Å²) in [6.45, 7) is 7.62. The summed E-state index contributed by atoms with van der Waals surface area (Å²) in [6.07, 6.45) is 8.37. The molecule has 0 radical (unpaired) electrons. The number of likely N-dealkylation sites (tertiary alicyclic amines) is 1. The van der Waals surface area contributed by atoms with Crippen molar-refractivity contribution in [1.29, 1.82) is 0 Å². The first-order valence-corrected chi connectivity index (χ1v) is 9.18. The predicted molar refractivity (Wildman–Crippen MR) is 110 cm³/mol. The van der Waals surface area contributed by atoms with Crippen LogP contribution in [0.5, 0.6) is 0 Å². The van der Waals surface area contributed by atoms with E-state index in [0.717, 1.165) is 45.0 Å². The van der Waals surface area contributed by atoms with Gasteiger partial charge in [0.2, 0.25) is 0 Å². The highest BCUT2D eigenvalue weighted by molar-refractivity contribution is 14.0. The van der Waals surface area contributed by atoms with E-state index in [-0.39, 0.29) is 30.0 Å². The lowest BCUT2D eigenvalue weighted by Crippen LogP contribution is -2.50. The summed E-state index contributed by atoms with van der Waals surface area (Å²) in [5.74, 6) is 0.921. The maximum absolute atomic E-state index is 11.2. The van der Waals surface area contributed by atoms with Crippen LogP contribution in [0.4, 0.5) is 4.79 Å². The zero-order valence-corrected chi connectivity index (χ0v) is 17.5. The first-order chi connectivity index (χ1) is 11.1. The molecule has 1 heterocycles. The van der Waals surface area contributed by atoms with Crippen molar-refractivity contribution < 1.29 is 4.79 Å². The molecule has 2 amide bonds. The van der Waals surface area contributed by atoms with Crippen molar-refractivity contribution >= 4 is 36.0 Å². The zero-order chi connectivity index (χ0) is 16.7. The molecule has 1 saturated carbocycles. The highest BCUT2D eigenvalue weighted by atomic mass is 127. The quantitative estimate of drug-likeness (QED) is 0.342. The van der Waals surface area contributed by atoms with E-state index in [2.05, 4.69) is 24.5 Å². The van der Waals surface area contributed by atoms with E-state index >= 15 is 0 Å². The minimum Gasteiger partial charge on any atom is -0.357 e. The molecule has 0 atom stereocenters. The summed E-state index contributed by atoms with van der Waals surface area (Å²) in [7, 11) is 0. The lowest BCUT2D eigenvalue weighted by molar-refractivity contribution is 0.188. The van der Waals surface area contributed by atoms with Crippen LogP contribution in [0.3, 0.4) is 0 Å². The van der Waals surface area contributed by atoms with Gasteiger partial charge in [-0.1, -0.05) is 19.8 Å². The number of rotatable bonds is 5. The van der Waals surface area contributed by atoms with Gasteiger partial charge in [0.25, 0.3) is 0 Å². The first kappa shape index (κ1) is 21.3. The maximum atomic E-state index is 11.2. The third kappa shape index (κ3) is 5.97. The van der Waals surface area contributed by atoms with Crippen LogP contribution in [0.2, 0.25) is 0 Å². The van der Waals surface area contributed by atoms with Crippen LogP contribution in [0.15, 0.2) is 4.99 Å². The van der Waals surface area contributed by atoms with Crippen LogP contribution in [0.25, 0.3) is 0 Å². The third-order valence-electron chi connectivity index (χ3n) is 5.48. The smallest absolute Gasteiger partial charge is 0.314 e. The number of carbonyl (C=O) groups excluding carboxylic acids is 1. The molecule has 2 aliphatic rings. The van der Waals surface area contributed by atoms with Gasteiger partial charge in [-0.05, 0) is 44.4 Å². The maximum Gasteiger partial charge on any atom is 0.314 e. The number of hydrogen-bond donors (Lipinski definition) is 3. The predicted octanol–water partition coefficient (Wildman–Crippen LogP) is 2.67. The summed E-state index contributed by atoms with van der Waals surface area (Å²) < 4.78 is 0. The average Bonchev–Trinajstić information content (AvgIpc) is 3.03. The number of primary amides is 1. The van der Waals surface area contributed by atoms with Crippen molar-refractivity contribution in [3.63, 3.8) is 0 Å². The molecule has 1 saturated heterocycles. The van der Waals surface area contributed by atoms with E-state index in [0.29, 0.717) is 11.5 Å². The van der Waals surface area contributed by atoms with E-state index in [1.54, 1.807) is 4.90 Å². The molecule has 7 heteroatoms. The van der Waals surface area contributed by atoms with Gasteiger partial charge < -0.3 is 21.3 Å². The topological polar surface area (TPSA) is 82.8 Å². The average molecular weight is 451 g/mol. The Balaban J connectivity index is 0.00000288. The molecule has 0 bridgehead atoms. The number of amides is 2. The number of urea groups is 1. The fraction of sp³-hybridized carbons (Fsp3) is 0.882. The molecule has 24 heavy (non-hydrogen) atoms. The molecule has 0 aromatic heterocycles. The van der Waals surface area contributed by atoms with Crippen LogP contribution >= 0.6 is 24.0 Å². The van der Waals surface area contributed by atoms with Crippen LogP contribution in [0.1, 0.15) is 58.8 Å². The van der Waals surface area contributed by atoms with Gasteiger partial charge in [-0.15, -0.1) is 24.0 Å². The number of carbonyl (C=O) groups is 1. The highest BCUT2D eigenvalue weighted by Crippen LogP contribution is 2.41. The van der Waals surface area contributed by atoms with Crippen LogP contribution in [-0.2, 0) is 0 Å². The highest BCUT2D eigenvalue weighted by Gasteiger charge is 2.32. The summed E-state index contributed by atoms with van der Waals surface area (Å²) >= 11 is 0. The number of hydrogen-bond acceptors (Lipinski definition) is 2. The summed E-state index contributed by atoms with van der Waals surface area (Å²) in [6, 6.07) is 0.0553. The summed E-state index contributed by atoms with van der Waals surface area (Å²) in [5.41, 5.74) is 5.75. The molecule has 0 unspecified atom stereocenters. The van der Waals surface area contributed by atoms with Crippen molar-refractivity contribution in [2.24, 2.45) is 16.1 Å². The first-order valence-electron chi connectivity index (χ1n) is 9.18. The Bertz CT molecular complexity index is 415. The lowest BCUT2D eigenvalue weighted by Gasteiger charge is -2.32. The van der Waals surface area contributed by atoms with Crippen molar-refractivity contribution in [1.82, 2.24) is 15.5 Å². The van der Waals surface area contributed by atoms with Gasteiger partial charge in [0.15, 0.2) is 5.96 Å². The number of guanidine groups is 1. The molecule has 4 N–H and O–H groups in total. The van der Waals surface area contributed by atoms with E-state index in [1.165, 1.54) is 32.1 Å². The Morgan fingerprint density at radius 1 is 1.25 bits per heavy atom. The van der Waals surface area contributed by atoms with Crippen LogP contribution < -0.4 is 16.4 Å². The van der Waals surface area contributed by atoms with Gasteiger partial charge in [-0.2, -0.15) is 0 Å². The largest absolute Gasteiger partial charge is 0.357 e. The number of nitrogens with zero attached hydrogens (tertiary/aromatic N) is 2. The molecule has 2 rings (SSSR count). The number of halogens is 1. The Kier molecular flexibility index (Phi) is 9.15. The molecule has 2 fully saturated rings. The van der Waals surface area contributed by atoms with Gasteiger partial charge in [0.1, 0.15) is 0 Å². The molecular formula is C17H34IN5O. The summed E-state index contributed by atoms with van der Waals surface area (Å²) in [4.78, 5) is 17.8. The van der Waals surface area contributed by atoms with Crippen molar-refractivity contribution in [2.45, 2.75) is 64.8 Å². The van der Waals surface area contributed by atoms with E-state index in [1.807, 2.05) is 0 Å². The van der Waals surface area contributed by atoms with Gasteiger partial charge in [-0.3, -0.25) is 4.99 Å². The number of piperidine rings is 1. The lowest BCUT2D eigenvalue weighted by atomic mass is 9.84. The van der Waals surface area contributed by atoms with Crippen molar-refractivity contribution in [3.8, 4) is 0 Å². The minimum atomic E-state index is -0.310. The normalized spacial score (nSPS) is 21.2. The number of aliphatic imine (C=N–C) groups is 1. The molecule has 1 aliphatic carbocycles. The molecule has 6 nitrogen and oxygen atoms in total. The molecule has 0 aromatic rings. The van der Waals surface area contributed by atoms with Gasteiger partial charge in [-0.25, -0.2) is 4.79 Å².